The van der Waals surface area contributed by atoms with Gasteiger partial charge in [-0.1, -0.05) is 18.2 Å². The quantitative estimate of drug-likeness (QED) is 0.583. The molecule has 25 heavy (non-hydrogen) atoms. The highest BCUT2D eigenvalue weighted by molar-refractivity contribution is 5.83. The number of hydrogen-bond donors (Lipinski definition) is 2. The third kappa shape index (κ3) is 3.33. The standard InChI is InChI=1S/C19H16FN5/c20-15-9-14(10-21-12-15)17-6-8-23-19(25-17)22-7-5-13-11-24-18-4-2-1-3-16(13)18/h1-4,6,8-12,24H,5,7H2,(H,22,23,25). The average Bonchev–Trinajstić information content (AvgIpc) is 3.05. The molecular formula is C19H16FN5. The number of para-hydroxylation sites is 1. The van der Waals surface area contributed by atoms with Gasteiger partial charge in [0.15, 0.2) is 0 Å². The van der Waals surface area contributed by atoms with Gasteiger partial charge in [-0.2, -0.15) is 0 Å². The highest BCUT2D eigenvalue weighted by atomic mass is 19.1. The summed E-state index contributed by atoms with van der Waals surface area (Å²) in [5.74, 6) is 0.131. The van der Waals surface area contributed by atoms with Gasteiger partial charge in [-0.3, -0.25) is 4.98 Å². The van der Waals surface area contributed by atoms with E-state index in [1.807, 2.05) is 18.3 Å². The molecule has 1 aromatic carbocycles. The molecule has 0 amide bonds. The van der Waals surface area contributed by atoms with Gasteiger partial charge in [0.1, 0.15) is 5.82 Å². The van der Waals surface area contributed by atoms with Crippen LogP contribution in [0.3, 0.4) is 0 Å². The van der Waals surface area contributed by atoms with E-state index in [-0.39, 0.29) is 5.82 Å². The van der Waals surface area contributed by atoms with Crippen LogP contribution in [0, 0.1) is 5.82 Å². The summed E-state index contributed by atoms with van der Waals surface area (Å²) < 4.78 is 13.3. The van der Waals surface area contributed by atoms with E-state index in [0.29, 0.717) is 23.8 Å². The van der Waals surface area contributed by atoms with Crippen LogP contribution in [-0.4, -0.2) is 26.5 Å². The third-order valence-corrected chi connectivity index (χ3v) is 4.01. The molecule has 0 bridgehead atoms. The Kier molecular flexibility index (Phi) is 4.08. The fourth-order valence-electron chi connectivity index (χ4n) is 2.80. The topological polar surface area (TPSA) is 66.5 Å². The van der Waals surface area contributed by atoms with Gasteiger partial charge in [0.25, 0.3) is 0 Å². The molecule has 3 heterocycles. The monoisotopic (exact) mass is 333 g/mol. The first-order valence-corrected chi connectivity index (χ1v) is 8.02. The summed E-state index contributed by atoms with van der Waals surface area (Å²) in [5.41, 5.74) is 3.64. The summed E-state index contributed by atoms with van der Waals surface area (Å²) >= 11 is 0. The SMILES string of the molecule is Fc1cncc(-c2ccnc(NCCc3c[nH]c4ccccc34)n2)c1. The molecule has 3 aromatic heterocycles. The van der Waals surface area contributed by atoms with Crippen molar-refractivity contribution in [3.8, 4) is 11.3 Å². The van der Waals surface area contributed by atoms with Gasteiger partial charge in [-0.25, -0.2) is 14.4 Å². The van der Waals surface area contributed by atoms with Crippen LogP contribution in [0.5, 0.6) is 0 Å². The van der Waals surface area contributed by atoms with Crippen LogP contribution in [0.2, 0.25) is 0 Å². The summed E-state index contributed by atoms with van der Waals surface area (Å²) in [7, 11) is 0. The van der Waals surface area contributed by atoms with Crippen molar-refractivity contribution in [2.75, 3.05) is 11.9 Å². The number of aromatic nitrogens is 4. The van der Waals surface area contributed by atoms with Crippen molar-refractivity contribution >= 4 is 16.9 Å². The van der Waals surface area contributed by atoms with Crippen LogP contribution in [0.4, 0.5) is 10.3 Å². The number of anilines is 1. The predicted molar refractivity (Wildman–Crippen MR) is 95.7 cm³/mol. The number of nitrogens with one attached hydrogen (secondary N) is 2. The lowest BCUT2D eigenvalue weighted by Crippen LogP contribution is -2.08. The van der Waals surface area contributed by atoms with E-state index in [2.05, 4.69) is 37.4 Å². The summed E-state index contributed by atoms with van der Waals surface area (Å²) in [6.45, 7) is 0.701. The smallest absolute Gasteiger partial charge is 0.223 e. The maximum absolute atomic E-state index is 13.3. The lowest BCUT2D eigenvalue weighted by molar-refractivity contribution is 0.622. The second kappa shape index (κ2) is 6.68. The number of H-pyrrole nitrogens is 1. The zero-order valence-corrected chi connectivity index (χ0v) is 13.4. The molecule has 6 heteroatoms. The maximum Gasteiger partial charge on any atom is 0.223 e. The lowest BCUT2D eigenvalue weighted by Gasteiger charge is -2.06. The van der Waals surface area contributed by atoms with Crippen LogP contribution in [0.25, 0.3) is 22.2 Å². The van der Waals surface area contributed by atoms with Crippen molar-refractivity contribution in [2.45, 2.75) is 6.42 Å². The normalized spacial score (nSPS) is 10.9. The first-order chi connectivity index (χ1) is 12.3. The number of nitrogens with zero attached hydrogens (tertiary/aromatic N) is 3. The first kappa shape index (κ1) is 15.3. The Morgan fingerprint density at radius 2 is 2.04 bits per heavy atom. The largest absolute Gasteiger partial charge is 0.361 e. The molecule has 5 nitrogen and oxygen atoms in total. The molecule has 0 atom stereocenters. The minimum atomic E-state index is -0.384. The van der Waals surface area contributed by atoms with Gasteiger partial charge in [-0.15, -0.1) is 0 Å². The second-order valence-corrected chi connectivity index (χ2v) is 5.69. The lowest BCUT2D eigenvalue weighted by atomic mass is 10.1. The summed E-state index contributed by atoms with van der Waals surface area (Å²) in [5, 5.41) is 4.45. The van der Waals surface area contributed by atoms with Gasteiger partial charge < -0.3 is 10.3 Å². The van der Waals surface area contributed by atoms with E-state index in [0.717, 1.165) is 11.9 Å². The van der Waals surface area contributed by atoms with Crippen molar-refractivity contribution in [2.24, 2.45) is 0 Å². The summed E-state index contributed by atoms with van der Waals surface area (Å²) in [6, 6.07) is 11.4. The number of benzene rings is 1. The fourth-order valence-corrected chi connectivity index (χ4v) is 2.80. The van der Waals surface area contributed by atoms with Crippen LogP contribution in [-0.2, 0) is 6.42 Å². The van der Waals surface area contributed by atoms with E-state index in [9.17, 15) is 4.39 Å². The Morgan fingerprint density at radius 1 is 1.12 bits per heavy atom. The number of hydrogen-bond acceptors (Lipinski definition) is 4. The molecule has 0 aliphatic heterocycles. The van der Waals surface area contributed by atoms with E-state index in [4.69, 9.17) is 0 Å². The summed E-state index contributed by atoms with van der Waals surface area (Å²) in [6.07, 6.45) is 7.29. The van der Waals surface area contributed by atoms with Gasteiger partial charge in [0.2, 0.25) is 5.95 Å². The van der Waals surface area contributed by atoms with E-state index in [1.54, 1.807) is 18.5 Å². The van der Waals surface area contributed by atoms with Gasteiger partial charge >= 0.3 is 0 Å². The molecule has 4 rings (SSSR count). The molecule has 0 aliphatic rings. The fraction of sp³-hybridized carbons (Fsp3) is 0.105. The number of rotatable bonds is 5. The van der Waals surface area contributed by atoms with Crippen molar-refractivity contribution < 1.29 is 4.39 Å². The molecule has 0 spiro atoms. The number of fused-ring (bicyclic) bond motifs is 1. The highest BCUT2D eigenvalue weighted by Gasteiger charge is 2.05. The van der Waals surface area contributed by atoms with Gasteiger partial charge in [-0.05, 0) is 30.2 Å². The Labute approximate surface area is 144 Å². The van der Waals surface area contributed by atoms with Crippen LogP contribution < -0.4 is 5.32 Å². The van der Waals surface area contributed by atoms with E-state index < -0.39 is 0 Å². The van der Waals surface area contributed by atoms with E-state index in [1.165, 1.54) is 23.2 Å². The maximum atomic E-state index is 13.3. The predicted octanol–water partition coefficient (Wildman–Crippen LogP) is 3.81. The molecule has 0 saturated carbocycles. The Hall–Kier alpha value is -3.28. The Balaban J connectivity index is 1.46. The van der Waals surface area contributed by atoms with Crippen molar-refractivity contribution in [1.82, 2.24) is 19.9 Å². The van der Waals surface area contributed by atoms with Crippen molar-refractivity contribution in [1.29, 1.82) is 0 Å². The number of pyridine rings is 1. The zero-order valence-electron chi connectivity index (χ0n) is 13.4. The van der Waals surface area contributed by atoms with Gasteiger partial charge in [0.05, 0.1) is 11.9 Å². The second-order valence-electron chi connectivity index (χ2n) is 5.69. The third-order valence-electron chi connectivity index (χ3n) is 4.01. The van der Waals surface area contributed by atoms with Crippen LogP contribution >= 0.6 is 0 Å². The zero-order chi connectivity index (χ0) is 17.1. The molecular weight excluding hydrogens is 317 g/mol. The number of aromatic amines is 1. The molecule has 124 valence electrons. The Morgan fingerprint density at radius 3 is 2.96 bits per heavy atom. The molecule has 2 N–H and O–H groups in total. The molecule has 0 fully saturated rings. The molecule has 0 aliphatic carbocycles. The minimum Gasteiger partial charge on any atom is -0.361 e. The highest BCUT2D eigenvalue weighted by Crippen LogP contribution is 2.19. The van der Waals surface area contributed by atoms with Crippen LogP contribution in [0.1, 0.15) is 5.56 Å². The van der Waals surface area contributed by atoms with Crippen molar-refractivity contribution in [3.05, 3.63) is 72.6 Å². The Bertz CT molecular complexity index is 1010. The first-order valence-electron chi connectivity index (χ1n) is 8.02. The van der Waals surface area contributed by atoms with Crippen molar-refractivity contribution in [3.63, 3.8) is 0 Å². The van der Waals surface area contributed by atoms with E-state index >= 15 is 0 Å². The van der Waals surface area contributed by atoms with Gasteiger partial charge in [0, 0.05) is 41.6 Å². The average molecular weight is 333 g/mol. The molecule has 0 radical (unpaired) electrons. The van der Waals surface area contributed by atoms with Crippen LogP contribution in [0.15, 0.2) is 61.2 Å². The molecule has 4 aromatic rings. The molecule has 0 unspecified atom stereocenters. The number of halogens is 1. The minimum absolute atomic E-state index is 0.384. The summed E-state index contributed by atoms with van der Waals surface area (Å²) in [4.78, 5) is 15.8. The molecule has 0 saturated heterocycles.